The monoisotopic (exact) mass is 272 g/mol. The van der Waals surface area contributed by atoms with Crippen molar-refractivity contribution in [2.45, 2.75) is 12.3 Å². The van der Waals surface area contributed by atoms with Crippen LogP contribution in [0.4, 0.5) is 5.82 Å². The fourth-order valence-corrected chi connectivity index (χ4v) is 2.20. The highest BCUT2D eigenvalue weighted by atomic mass is 16.3. The molecule has 3 rings (SSSR count). The normalized spacial score (nSPS) is 20.4. The Morgan fingerprint density at radius 3 is 3.10 bits per heavy atom. The van der Waals surface area contributed by atoms with Gasteiger partial charge in [-0.2, -0.15) is 0 Å². The van der Waals surface area contributed by atoms with Crippen LogP contribution in [0.5, 0.6) is 0 Å². The first kappa shape index (κ1) is 12.7. The predicted molar refractivity (Wildman–Crippen MR) is 73.1 cm³/mol. The van der Waals surface area contributed by atoms with Crippen molar-refractivity contribution in [1.82, 2.24) is 15.3 Å². The lowest BCUT2D eigenvalue weighted by Crippen LogP contribution is -2.30. The minimum absolute atomic E-state index is 0.0534. The molecule has 0 aliphatic heterocycles. The van der Waals surface area contributed by atoms with Crippen LogP contribution in [0.2, 0.25) is 0 Å². The van der Waals surface area contributed by atoms with Crippen molar-refractivity contribution < 1.29 is 9.21 Å². The minimum Gasteiger partial charge on any atom is -0.469 e. The van der Waals surface area contributed by atoms with Crippen LogP contribution in [0.3, 0.4) is 0 Å². The molecule has 0 unspecified atom stereocenters. The SMILES string of the molecule is O=C(NCCNc1cnccn1)[C@H]1C[C@@H]1c1ccco1. The molecule has 2 heterocycles. The third-order valence-electron chi connectivity index (χ3n) is 3.33. The first-order valence-corrected chi connectivity index (χ1v) is 6.65. The van der Waals surface area contributed by atoms with E-state index in [-0.39, 0.29) is 17.7 Å². The van der Waals surface area contributed by atoms with Gasteiger partial charge in [-0.3, -0.25) is 9.78 Å². The van der Waals surface area contributed by atoms with Crippen LogP contribution in [-0.4, -0.2) is 29.0 Å². The summed E-state index contributed by atoms with van der Waals surface area (Å²) in [5.74, 6) is 2.01. The van der Waals surface area contributed by atoms with E-state index in [0.29, 0.717) is 18.9 Å². The van der Waals surface area contributed by atoms with Crippen molar-refractivity contribution in [3.63, 3.8) is 0 Å². The predicted octanol–water partition coefficient (Wildman–Crippen LogP) is 1.40. The van der Waals surface area contributed by atoms with Crippen LogP contribution in [0, 0.1) is 5.92 Å². The summed E-state index contributed by atoms with van der Waals surface area (Å²) in [4.78, 5) is 20.0. The molecule has 1 aliphatic carbocycles. The number of nitrogens with one attached hydrogen (secondary N) is 2. The molecular weight excluding hydrogens is 256 g/mol. The number of carbonyl (C=O) groups is 1. The van der Waals surface area contributed by atoms with E-state index in [1.54, 1.807) is 24.9 Å². The summed E-state index contributed by atoms with van der Waals surface area (Å²) in [5, 5.41) is 6.01. The maximum Gasteiger partial charge on any atom is 0.223 e. The van der Waals surface area contributed by atoms with Gasteiger partial charge in [0.15, 0.2) is 0 Å². The minimum atomic E-state index is 0.0534. The van der Waals surface area contributed by atoms with E-state index >= 15 is 0 Å². The molecule has 0 saturated heterocycles. The van der Waals surface area contributed by atoms with Gasteiger partial charge in [-0.15, -0.1) is 0 Å². The number of hydrogen-bond acceptors (Lipinski definition) is 5. The van der Waals surface area contributed by atoms with E-state index in [1.807, 2.05) is 12.1 Å². The highest BCUT2D eigenvalue weighted by molar-refractivity contribution is 5.82. The van der Waals surface area contributed by atoms with Crippen LogP contribution in [0.1, 0.15) is 18.1 Å². The van der Waals surface area contributed by atoms with Crippen molar-refractivity contribution in [2.24, 2.45) is 5.92 Å². The molecule has 20 heavy (non-hydrogen) atoms. The van der Waals surface area contributed by atoms with Gasteiger partial charge in [0.25, 0.3) is 0 Å². The highest BCUT2D eigenvalue weighted by Crippen LogP contribution is 2.47. The average Bonchev–Trinajstić information content (AvgIpc) is 3.10. The molecule has 2 aromatic heterocycles. The zero-order valence-corrected chi connectivity index (χ0v) is 11.0. The van der Waals surface area contributed by atoms with E-state index < -0.39 is 0 Å². The molecule has 1 aliphatic rings. The van der Waals surface area contributed by atoms with E-state index in [9.17, 15) is 4.79 Å². The number of carbonyl (C=O) groups excluding carboxylic acids is 1. The second-order valence-corrected chi connectivity index (χ2v) is 4.77. The second-order valence-electron chi connectivity index (χ2n) is 4.77. The Hall–Kier alpha value is -2.37. The molecule has 2 atom stereocenters. The largest absolute Gasteiger partial charge is 0.469 e. The molecule has 0 spiro atoms. The molecule has 1 fully saturated rings. The number of amides is 1. The molecule has 0 radical (unpaired) electrons. The highest BCUT2D eigenvalue weighted by Gasteiger charge is 2.45. The van der Waals surface area contributed by atoms with Crippen LogP contribution >= 0.6 is 0 Å². The van der Waals surface area contributed by atoms with Gasteiger partial charge in [-0.1, -0.05) is 0 Å². The number of anilines is 1. The number of furan rings is 1. The zero-order chi connectivity index (χ0) is 13.8. The van der Waals surface area contributed by atoms with E-state index in [4.69, 9.17) is 4.42 Å². The Labute approximate surface area is 116 Å². The van der Waals surface area contributed by atoms with Gasteiger partial charge in [0.1, 0.15) is 11.6 Å². The van der Waals surface area contributed by atoms with Crippen molar-refractivity contribution in [2.75, 3.05) is 18.4 Å². The lowest BCUT2D eigenvalue weighted by atomic mass is 10.2. The summed E-state index contributed by atoms with van der Waals surface area (Å²) in [6, 6.07) is 3.78. The standard InChI is InChI=1S/C14H16N4O2/c19-14(11-8-10(11)12-2-1-7-20-12)18-6-5-17-13-9-15-3-4-16-13/h1-4,7,9-11H,5-6,8H2,(H,16,17)(H,18,19)/t10-,11-/m0/s1. The fraction of sp³-hybridized carbons (Fsp3) is 0.357. The molecular formula is C14H16N4O2. The number of aromatic nitrogens is 2. The summed E-state index contributed by atoms with van der Waals surface area (Å²) >= 11 is 0. The zero-order valence-electron chi connectivity index (χ0n) is 11.0. The van der Waals surface area contributed by atoms with E-state index in [0.717, 1.165) is 12.2 Å². The second kappa shape index (κ2) is 5.73. The van der Waals surface area contributed by atoms with Crippen LogP contribution in [0.15, 0.2) is 41.4 Å². The maximum atomic E-state index is 11.9. The third kappa shape index (κ3) is 2.96. The lowest BCUT2D eigenvalue weighted by molar-refractivity contribution is -0.122. The molecule has 2 aromatic rings. The molecule has 0 bridgehead atoms. The molecule has 2 N–H and O–H groups in total. The summed E-state index contributed by atoms with van der Waals surface area (Å²) in [6.45, 7) is 1.19. The Morgan fingerprint density at radius 1 is 1.40 bits per heavy atom. The molecule has 1 amide bonds. The van der Waals surface area contributed by atoms with E-state index in [2.05, 4.69) is 20.6 Å². The first-order valence-electron chi connectivity index (χ1n) is 6.65. The summed E-state index contributed by atoms with van der Waals surface area (Å²) < 4.78 is 5.31. The first-order chi connectivity index (χ1) is 9.84. The van der Waals surface area contributed by atoms with Crippen molar-refractivity contribution in [3.05, 3.63) is 42.7 Å². The smallest absolute Gasteiger partial charge is 0.223 e. The molecule has 104 valence electrons. The number of hydrogen-bond donors (Lipinski definition) is 2. The fourth-order valence-electron chi connectivity index (χ4n) is 2.20. The van der Waals surface area contributed by atoms with Gasteiger partial charge >= 0.3 is 0 Å². The van der Waals surface area contributed by atoms with Crippen molar-refractivity contribution in [3.8, 4) is 0 Å². The van der Waals surface area contributed by atoms with Crippen molar-refractivity contribution >= 4 is 11.7 Å². The van der Waals surface area contributed by atoms with Gasteiger partial charge in [0.05, 0.1) is 12.5 Å². The Kier molecular flexibility index (Phi) is 3.62. The molecule has 6 heteroatoms. The summed E-state index contributed by atoms with van der Waals surface area (Å²) in [6.07, 6.45) is 7.41. The van der Waals surface area contributed by atoms with Crippen LogP contribution < -0.4 is 10.6 Å². The maximum absolute atomic E-state index is 11.9. The van der Waals surface area contributed by atoms with Crippen molar-refractivity contribution in [1.29, 1.82) is 0 Å². The van der Waals surface area contributed by atoms with Gasteiger partial charge in [0.2, 0.25) is 5.91 Å². The van der Waals surface area contributed by atoms with E-state index in [1.165, 1.54) is 0 Å². The Morgan fingerprint density at radius 2 is 2.35 bits per heavy atom. The third-order valence-corrected chi connectivity index (χ3v) is 3.33. The molecule has 0 aromatic carbocycles. The molecule has 6 nitrogen and oxygen atoms in total. The summed E-state index contributed by atoms with van der Waals surface area (Å²) in [7, 11) is 0. The van der Waals surface area contributed by atoms with Crippen LogP contribution in [-0.2, 0) is 4.79 Å². The average molecular weight is 272 g/mol. The van der Waals surface area contributed by atoms with Gasteiger partial charge in [-0.05, 0) is 18.6 Å². The number of nitrogens with zero attached hydrogens (tertiary/aromatic N) is 2. The quantitative estimate of drug-likeness (QED) is 0.777. The Bertz CT molecular complexity index is 556. The summed E-state index contributed by atoms with van der Waals surface area (Å²) in [5.41, 5.74) is 0. The molecule has 1 saturated carbocycles. The van der Waals surface area contributed by atoms with Gasteiger partial charge in [0, 0.05) is 37.3 Å². The Balaban J connectivity index is 1.36. The topological polar surface area (TPSA) is 80.0 Å². The van der Waals surface area contributed by atoms with Gasteiger partial charge < -0.3 is 15.1 Å². The van der Waals surface area contributed by atoms with Crippen LogP contribution in [0.25, 0.3) is 0 Å². The number of rotatable bonds is 6. The van der Waals surface area contributed by atoms with Gasteiger partial charge in [-0.25, -0.2) is 4.98 Å². The lowest BCUT2D eigenvalue weighted by Gasteiger charge is -2.06.